The Bertz CT molecular complexity index is 974. The Morgan fingerprint density at radius 2 is 1.81 bits per heavy atom. The van der Waals surface area contributed by atoms with Crippen molar-refractivity contribution in [2.24, 2.45) is 0 Å². The van der Waals surface area contributed by atoms with E-state index < -0.39 is 12.5 Å². The van der Waals surface area contributed by atoms with Gasteiger partial charge >= 0.3 is 6.61 Å². The average molecular weight is 429 g/mol. The molecule has 1 N–H and O–H groups in total. The summed E-state index contributed by atoms with van der Waals surface area (Å²) in [5, 5.41) is 2.81. The number of hydrogen-bond acceptors (Lipinski definition) is 4. The highest BCUT2D eigenvalue weighted by Gasteiger charge is 2.17. The second kappa shape index (κ2) is 9.81. The first kappa shape index (κ1) is 21.2. The quantitative estimate of drug-likeness (QED) is 0.527. The number of ether oxygens (including phenoxy) is 3. The molecule has 164 valence electrons. The SMILES string of the molecule is O=C(NCCc1ccc2c(c1)OCCO2)C(=COC(F)F)c1ccc2c(c1)CCCC2. The molecule has 0 fully saturated rings. The zero-order chi connectivity index (χ0) is 21.6. The van der Waals surface area contributed by atoms with Gasteiger partial charge in [0.15, 0.2) is 11.5 Å². The van der Waals surface area contributed by atoms with Gasteiger partial charge in [-0.2, -0.15) is 8.78 Å². The molecule has 2 aromatic carbocycles. The van der Waals surface area contributed by atoms with Gasteiger partial charge in [-0.25, -0.2) is 0 Å². The third-order valence-corrected chi connectivity index (χ3v) is 5.50. The number of aryl methyl sites for hydroxylation is 2. The zero-order valence-corrected chi connectivity index (χ0v) is 17.2. The van der Waals surface area contributed by atoms with E-state index in [0.717, 1.165) is 43.1 Å². The molecule has 1 aliphatic carbocycles. The summed E-state index contributed by atoms with van der Waals surface area (Å²) in [5.74, 6) is 0.949. The topological polar surface area (TPSA) is 56.8 Å². The van der Waals surface area contributed by atoms with Crippen LogP contribution in [0.1, 0.15) is 35.1 Å². The molecule has 1 aliphatic heterocycles. The van der Waals surface area contributed by atoms with Gasteiger partial charge in [-0.1, -0.05) is 24.3 Å². The second-order valence-electron chi connectivity index (χ2n) is 7.60. The van der Waals surface area contributed by atoms with Crippen LogP contribution < -0.4 is 14.8 Å². The molecule has 2 aromatic rings. The van der Waals surface area contributed by atoms with Crippen molar-refractivity contribution >= 4 is 11.5 Å². The zero-order valence-electron chi connectivity index (χ0n) is 17.2. The van der Waals surface area contributed by atoms with E-state index in [0.29, 0.717) is 43.2 Å². The maximum absolute atomic E-state index is 12.8. The van der Waals surface area contributed by atoms with Gasteiger partial charge in [-0.15, -0.1) is 0 Å². The van der Waals surface area contributed by atoms with Crippen LogP contribution in [0, 0.1) is 0 Å². The van der Waals surface area contributed by atoms with E-state index in [9.17, 15) is 13.6 Å². The van der Waals surface area contributed by atoms with Gasteiger partial charge in [0.2, 0.25) is 0 Å². The van der Waals surface area contributed by atoms with Crippen molar-refractivity contribution in [3.63, 3.8) is 0 Å². The molecule has 5 nitrogen and oxygen atoms in total. The molecule has 0 saturated carbocycles. The maximum atomic E-state index is 12.8. The van der Waals surface area contributed by atoms with Crippen molar-refractivity contribution in [2.75, 3.05) is 19.8 Å². The number of benzene rings is 2. The van der Waals surface area contributed by atoms with Crippen LogP contribution in [0.4, 0.5) is 8.78 Å². The lowest BCUT2D eigenvalue weighted by Gasteiger charge is -2.19. The summed E-state index contributed by atoms with van der Waals surface area (Å²) in [6.07, 6.45) is 5.58. The van der Waals surface area contributed by atoms with Crippen molar-refractivity contribution in [1.29, 1.82) is 0 Å². The second-order valence-corrected chi connectivity index (χ2v) is 7.60. The molecule has 2 aliphatic rings. The first-order valence-electron chi connectivity index (χ1n) is 10.5. The minimum atomic E-state index is -2.99. The molecule has 31 heavy (non-hydrogen) atoms. The van der Waals surface area contributed by atoms with E-state index in [1.54, 1.807) is 6.07 Å². The maximum Gasteiger partial charge on any atom is 0.386 e. The van der Waals surface area contributed by atoms with Crippen molar-refractivity contribution in [2.45, 2.75) is 38.7 Å². The standard InChI is InChI=1S/C24H25F2NO4/c25-24(26)31-15-20(19-7-6-17-3-1-2-4-18(17)14-19)23(28)27-10-9-16-5-8-21-22(13-16)30-12-11-29-21/h5-8,13-15,24H,1-4,9-12H2,(H,27,28). The Kier molecular flexibility index (Phi) is 6.70. The Morgan fingerprint density at radius 3 is 2.61 bits per heavy atom. The molecule has 0 unspecified atom stereocenters. The van der Waals surface area contributed by atoms with Crippen LogP contribution in [0.3, 0.4) is 0 Å². The number of carbonyl (C=O) groups is 1. The van der Waals surface area contributed by atoms with Crippen LogP contribution >= 0.6 is 0 Å². The monoisotopic (exact) mass is 429 g/mol. The number of alkyl halides is 2. The van der Waals surface area contributed by atoms with Crippen molar-refractivity contribution in [1.82, 2.24) is 5.32 Å². The summed E-state index contributed by atoms with van der Waals surface area (Å²) >= 11 is 0. The van der Waals surface area contributed by atoms with Gasteiger partial charge in [0.1, 0.15) is 19.5 Å². The fourth-order valence-corrected chi connectivity index (χ4v) is 3.93. The first-order chi connectivity index (χ1) is 15.1. The molecule has 0 radical (unpaired) electrons. The lowest BCUT2D eigenvalue weighted by Crippen LogP contribution is -2.27. The lowest BCUT2D eigenvalue weighted by molar-refractivity contribution is -0.116. The van der Waals surface area contributed by atoms with Gasteiger partial charge in [0.05, 0.1) is 5.57 Å². The highest BCUT2D eigenvalue weighted by atomic mass is 19.3. The molecule has 0 aromatic heterocycles. The van der Waals surface area contributed by atoms with E-state index in [4.69, 9.17) is 9.47 Å². The molecule has 0 spiro atoms. The molecular formula is C24H25F2NO4. The minimum absolute atomic E-state index is 0.0934. The highest BCUT2D eigenvalue weighted by Crippen LogP contribution is 2.31. The molecule has 0 bridgehead atoms. The van der Waals surface area contributed by atoms with E-state index in [-0.39, 0.29) is 5.57 Å². The van der Waals surface area contributed by atoms with Gasteiger partial charge in [-0.05, 0) is 66.5 Å². The highest BCUT2D eigenvalue weighted by molar-refractivity contribution is 6.19. The first-order valence-corrected chi connectivity index (χ1v) is 10.5. The summed E-state index contributed by atoms with van der Waals surface area (Å²) in [6.45, 7) is -1.61. The van der Waals surface area contributed by atoms with Crippen LogP contribution in [0.25, 0.3) is 5.57 Å². The molecule has 1 heterocycles. The van der Waals surface area contributed by atoms with Gasteiger partial charge in [0, 0.05) is 6.54 Å². The number of fused-ring (bicyclic) bond motifs is 2. The van der Waals surface area contributed by atoms with Gasteiger partial charge in [-0.3, -0.25) is 4.79 Å². The van der Waals surface area contributed by atoms with Crippen LogP contribution in [-0.2, 0) is 28.8 Å². The third-order valence-electron chi connectivity index (χ3n) is 5.50. The van der Waals surface area contributed by atoms with E-state index in [1.165, 1.54) is 5.56 Å². The Hall–Kier alpha value is -3.09. The van der Waals surface area contributed by atoms with Crippen molar-refractivity contribution < 1.29 is 27.8 Å². The fraction of sp³-hybridized carbons (Fsp3) is 0.375. The predicted molar refractivity (Wildman–Crippen MR) is 112 cm³/mol. The van der Waals surface area contributed by atoms with Crippen LogP contribution in [0.5, 0.6) is 11.5 Å². The van der Waals surface area contributed by atoms with E-state index in [2.05, 4.69) is 10.1 Å². The Labute approximate surface area is 180 Å². The lowest BCUT2D eigenvalue weighted by atomic mass is 9.89. The predicted octanol–water partition coefficient (Wildman–Crippen LogP) is 4.28. The molecule has 4 rings (SSSR count). The number of carbonyl (C=O) groups excluding carboxylic acids is 1. The van der Waals surface area contributed by atoms with E-state index >= 15 is 0 Å². The molecule has 0 saturated heterocycles. The molecular weight excluding hydrogens is 404 g/mol. The summed E-state index contributed by atoms with van der Waals surface area (Å²) in [6, 6.07) is 11.3. The van der Waals surface area contributed by atoms with Crippen LogP contribution in [0.15, 0.2) is 42.7 Å². The normalized spacial score (nSPS) is 15.4. The minimum Gasteiger partial charge on any atom is -0.486 e. The largest absolute Gasteiger partial charge is 0.486 e. The number of halogens is 2. The van der Waals surface area contributed by atoms with E-state index in [1.807, 2.05) is 30.3 Å². The van der Waals surface area contributed by atoms with Gasteiger partial charge < -0.3 is 19.5 Å². The number of hydrogen-bond donors (Lipinski definition) is 1. The Balaban J connectivity index is 1.43. The van der Waals surface area contributed by atoms with Gasteiger partial charge in [0.25, 0.3) is 5.91 Å². The van der Waals surface area contributed by atoms with Crippen LogP contribution in [0.2, 0.25) is 0 Å². The number of amides is 1. The number of rotatable bonds is 7. The molecule has 7 heteroatoms. The average Bonchev–Trinajstić information content (AvgIpc) is 2.79. The molecule has 0 atom stereocenters. The third kappa shape index (κ3) is 5.34. The number of nitrogens with one attached hydrogen (secondary N) is 1. The molecule has 1 amide bonds. The smallest absolute Gasteiger partial charge is 0.386 e. The summed E-state index contributed by atoms with van der Waals surface area (Å²) in [7, 11) is 0. The fourth-order valence-electron chi connectivity index (χ4n) is 3.93. The summed E-state index contributed by atoms with van der Waals surface area (Å²) in [4.78, 5) is 12.8. The van der Waals surface area contributed by atoms with Crippen molar-refractivity contribution in [3.8, 4) is 11.5 Å². The Morgan fingerprint density at radius 1 is 1.03 bits per heavy atom. The van der Waals surface area contributed by atoms with Crippen LogP contribution in [-0.4, -0.2) is 32.3 Å². The van der Waals surface area contributed by atoms with Crippen molar-refractivity contribution in [3.05, 3.63) is 64.9 Å². The summed E-state index contributed by atoms with van der Waals surface area (Å²) < 4.78 is 40.7. The summed E-state index contributed by atoms with van der Waals surface area (Å²) in [5.41, 5.74) is 4.07.